The zero-order valence-electron chi connectivity index (χ0n) is 7.74. The lowest BCUT2D eigenvalue weighted by Crippen LogP contribution is -2.06. The van der Waals surface area contributed by atoms with Crippen molar-refractivity contribution in [1.29, 1.82) is 0 Å². The average molecular weight is 217 g/mol. The number of hydrogen-bond donors (Lipinski definition) is 1. The molecule has 0 aliphatic rings. The van der Waals surface area contributed by atoms with Gasteiger partial charge in [-0.2, -0.15) is 0 Å². The van der Waals surface area contributed by atoms with E-state index in [1.807, 2.05) is 6.92 Å². The summed E-state index contributed by atoms with van der Waals surface area (Å²) in [7, 11) is 0. The summed E-state index contributed by atoms with van der Waals surface area (Å²) in [5.74, 6) is 0.562. The van der Waals surface area contributed by atoms with Crippen LogP contribution in [-0.2, 0) is 0 Å². The van der Waals surface area contributed by atoms with Gasteiger partial charge in [-0.05, 0) is 13.8 Å². The van der Waals surface area contributed by atoms with Crippen molar-refractivity contribution in [3.63, 3.8) is 0 Å². The van der Waals surface area contributed by atoms with Crippen LogP contribution in [0.1, 0.15) is 12.7 Å². The number of nitro groups is 1. The lowest BCUT2D eigenvalue weighted by atomic mass is 10.4. The normalized spacial score (nSPS) is 9.93. The maximum absolute atomic E-state index is 10.6. The monoisotopic (exact) mass is 216 g/mol. The molecule has 0 aromatic carbocycles. The standard InChI is InChI=1S/C7H9ClN4O2/c1-3-9-7-5(12(13)14)6(8)10-4(2)11-7/h3H2,1-2H3,(H,9,10,11). The Balaban J connectivity index is 3.28. The Morgan fingerprint density at radius 2 is 2.21 bits per heavy atom. The Labute approximate surface area is 85.5 Å². The minimum atomic E-state index is -0.597. The molecule has 1 aromatic rings. The summed E-state index contributed by atoms with van der Waals surface area (Å²) in [6, 6.07) is 0. The van der Waals surface area contributed by atoms with Gasteiger partial charge in [-0.25, -0.2) is 9.97 Å². The molecule has 0 bridgehead atoms. The number of aryl methyl sites for hydroxylation is 1. The van der Waals surface area contributed by atoms with E-state index in [9.17, 15) is 10.1 Å². The molecule has 0 aliphatic heterocycles. The van der Waals surface area contributed by atoms with Crippen LogP contribution in [0.15, 0.2) is 0 Å². The fourth-order valence-corrected chi connectivity index (χ4v) is 1.27. The van der Waals surface area contributed by atoms with Crippen LogP contribution in [0.4, 0.5) is 11.5 Å². The predicted molar refractivity (Wildman–Crippen MR) is 52.6 cm³/mol. The van der Waals surface area contributed by atoms with E-state index in [1.165, 1.54) is 0 Å². The fourth-order valence-electron chi connectivity index (χ4n) is 0.985. The van der Waals surface area contributed by atoms with Crippen LogP contribution >= 0.6 is 11.6 Å². The van der Waals surface area contributed by atoms with Gasteiger partial charge in [-0.1, -0.05) is 11.6 Å². The Morgan fingerprint density at radius 3 is 2.71 bits per heavy atom. The van der Waals surface area contributed by atoms with Gasteiger partial charge in [-0.3, -0.25) is 10.1 Å². The molecule has 76 valence electrons. The topological polar surface area (TPSA) is 81.0 Å². The van der Waals surface area contributed by atoms with E-state index in [-0.39, 0.29) is 16.7 Å². The van der Waals surface area contributed by atoms with Gasteiger partial charge in [0.1, 0.15) is 5.82 Å². The molecule has 0 spiro atoms. The zero-order chi connectivity index (χ0) is 10.7. The lowest BCUT2D eigenvalue weighted by Gasteiger charge is -2.04. The number of hydrogen-bond acceptors (Lipinski definition) is 5. The predicted octanol–water partition coefficient (Wildman–Crippen LogP) is 1.78. The first kappa shape index (κ1) is 10.6. The quantitative estimate of drug-likeness (QED) is 0.473. The summed E-state index contributed by atoms with van der Waals surface area (Å²) < 4.78 is 0. The first-order chi connectivity index (χ1) is 6.56. The molecule has 1 heterocycles. The second-order valence-corrected chi connectivity index (χ2v) is 2.90. The molecule has 6 nitrogen and oxygen atoms in total. The first-order valence-electron chi connectivity index (χ1n) is 3.98. The van der Waals surface area contributed by atoms with Gasteiger partial charge in [-0.15, -0.1) is 0 Å². The smallest absolute Gasteiger partial charge is 0.348 e. The Hall–Kier alpha value is -1.43. The Bertz CT molecular complexity index is 369. The molecule has 1 N–H and O–H groups in total. The molecule has 14 heavy (non-hydrogen) atoms. The van der Waals surface area contributed by atoms with Gasteiger partial charge >= 0.3 is 5.69 Å². The van der Waals surface area contributed by atoms with Crippen LogP contribution < -0.4 is 5.32 Å². The Morgan fingerprint density at radius 1 is 1.57 bits per heavy atom. The van der Waals surface area contributed by atoms with Crippen LogP contribution in [0, 0.1) is 17.0 Å². The van der Waals surface area contributed by atoms with Gasteiger partial charge in [0.15, 0.2) is 0 Å². The van der Waals surface area contributed by atoms with Crippen molar-refractivity contribution in [2.75, 3.05) is 11.9 Å². The molecule has 1 rings (SSSR count). The van der Waals surface area contributed by atoms with Gasteiger partial charge < -0.3 is 5.32 Å². The number of anilines is 1. The molecule has 7 heteroatoms. The van der Waals surface area contributed by atoms with Crippen molar-refractivity contribution in [3.8, 4) is 0 Å². The number of halogens is 1. The van der Waals surface area contributed by atoms with E-state index >= 15 is 0 Å². The lowest BCUT2D eigenvalue weighted by molar-refractivity contribution is -0.384. The number of nitrogens with zero attached hydrogens (tertiary/aromatic N) is 3. The summed E-state index contributed by atoms with van der Waals surface area (Å²) >= 11 is 5.63. The number of nitrogens with one attached hydrogen (secondary N) is 1. The second kappa shape index (κ2) is 4.19. The van der Waals surface area contributed by atoms with Crippen LogP contribution in [-0.4, -0.2) is 21.4 Å². The molecular weight excluding hydrogens is 208 g/mol. The average Bonchev–Trinajstić information content (AvgIpc) is 2.01. The van der Waals surface area contributed by atoms with Crippen molar-refractivity contribution in [2.24, 2.45) is 0 Å². The van der Waals surface area contributed by atoms with Crippen molar-refractivity contribution >= 4 is 23.1 Å². The molecule has 0 fully saturated rings. The van der Waals surface area contributed by atoms with E-state index in [2.05, 4.69) is 15.3 Å². The van der Waals surface area contributed by atoms with Gasteiger partial charge in [0, 0.05) is 6.54 Å². The zero-order valence-corrected chi connectivity index (χ0v) is 8.50. The minimum Gasteiger partial charge on any atom is -0.364 e. The van der Waals surface area contributed by atoms with E-state index in [0.29, 0.717) is 12.4 Å². The van der Waals surface area contributed by atoms with Crippen LogP contribution in [0.2, 0.25) is 5.15 Å². The number of rotatable bonds is 3. The SMILES string of the molecule is CCNc1nc(C)nc(Cl)c1[N+](=O)[O-]. The third kappa shape index (κ3) is 2.08. The second-order valence-electron chi connectivity index (χ2n) is 2.55. The highest BCUT2D eigenvalue weighted by atomic mass is 35.5. The van der Waals surface area contributed by atoms with Crippen LogP contribution in [0.3, 0.4) is 0 Å². The molecule has 0 atom stereocenters. The van der Waals surface area contributed by atoms with Gasteiger partial charge in [0.05, 0.1) is 4.92 Å². The Kier molecular flexibility index (Phi) is 3.19. The molecule has 0 saturated carbocycles. The highest BCUT2D eigenvalue weighted by molar-refractivity contribution is 6.31. The third-order valence-electron chi connectivity index (χ3n) is 1.48. The van der Waals surface area contributed by atoms with E-state index < -0.39 is 4.92 Å². The highest BCUT2D eigenvalue weighted by Gasteiger charge is 2.21. The summed E-state index contributed by atoms with van der Waals surface area (Å²) in [5, 5.41) is 13.3. The van der Waals surface area contributed by atoms with Crippen molar-refractivity contribution in [2.45, 2.75) is 13.8 Å². The summed E-state index contributed by atoms with van der Waals surface area (Å²) in [5.41, 5.74) is -0.279. The first-order valence-corrected chi connectivity index (χ1v) is 4.36. The van der Waals surface area contributed by atoms with Gasteiger partial charge in [0.25, 0.3) is 0 Å². The summed E-state index contributed by atoms with van der Waals surface area (Å²) in [6.45, 7) is 3.97. The van der Waals surface area contributed by atoms with Gasteiger partial charge in [0.2, 0.25) is 11.0 Å². The summed E-state index contributed by atoms with van der Waals surface area (Å²) in [4.78, 5) is 17.6. The molecule has 0 saturated heterocycles. The molecule has 0 unspecified atom stereocenters. The third-order valence-corrected chi connectivity index (χ3v) is 1.74. The maximum atomic E-state index is 10.6. The molecule has 0 aliphatic carbocycles. The minimum absolute atomic E-state index is 0.140. The van der Waals surface area contributed by atoms with E-state index in [0.717, 1.165) is 0 Å². The largest absolute Gasteiger partial charge is 0.364 e. The van der Waals surface area contributed by atoms with Crippen molar-refractivity contribution in [3.05, 3.63) is 21.1 Å². The van der Waals surface area contributed by atoms with E-state index in [1.54, 1.807) is 6.92 Å². The maximum Gasteiger partial charge on any atom is 0.348 e. The number of aromatic nitrogens is 2. The molecule has 0 amide bonds. The van der Waals surface area contributed by atoms with Crippen LogP contribution in [0.5, 0.6) is 0 Å². The van der Waals surface area contributed by atoms with E-state index in [4.69, 9.17) is 11.6 Å². The van der Waals surface area contributed by atoms with Crippen molar-refractivity contribution in [1.82, 2.24) is 9.97 Å². The molecular formula is C7H9ClN4O2. The summed E-state index contributed by atoms with van der Waals surface area (Å²) in [6.07, 6.45) is 0. The van der Waals surface area contributed by atoms with Crippen LogP contribution in [0.25, 0.3) is 0 Å². The van der Waals surface area contributed by atoms with Crippen molar-refractivity contribution < 1.29 is 4.92 Å². The molecule has 0 radical (unpaired) electrons. The fraction of sp³-hybridized carbons (Fsp3) is 0.429. The molecule has 1 aromatic heterocycles. The highest BCUT2D eigenvalue weighted by Crippen LogP contribution is 2.28.